The molecule has 10 unspecified atom stereocenters. The van der Waals surface area contributed by atoms with Gasteiger partial charge < -0.3 is 39.4 Å². The summed E-state index contributed by atoms with van der Waals surface area (Å²) in [6.45, 7) is 4.13. The van der Waals surface area contributed by atoms with Crippen molar-refractivity contribution in [3.8, 4) is 0 Å². The van der Waals surface area contributed by atoms with Gasteiger partial charge in [0.05, 0.1) is 34.9 Å². The standard InChI is InChI=1S/C29H42O9/c1-16-25(33)22(31)12-24(37-16)38-18-3-8-27(15-30)20-4-7-26(2)19(17-11-23(32)36-14-17)6-10-29(26,35)21(20)5-9-28(27,34)13-18/h11,15-16,18-22,24-25,31,33-35H,3-10,12-14H2,1-2H3/t16?,18?,19?,20-,21+,22?,24?,25?,26?,27?,28?,29?/m0/s1. The van der Waals surface area contributed by atoms with Gasteiger partial charge in [-0.3, -0.25) is 0 Å². The van der Waals surface area contributed by atoms with Crippen LogP contribution < -0.4 is 0 Å². The van der Waals surface area contributed by atoms with Gasteiger partial charge in [-0.25, -0.2) is 4.79 Å². The van der Waals surface area contributed by atoms with Crippen molar-refractivity contribution in [2.75, 3.05) is 6.61 Å². The predicted octanol–water partition coefficient (Wildman–Crippen LogP) is 1.78. The molecule has 0 amide bonds. The van der Waals surface area contributed by atoms with Crippen molar-refractivity contribution in [3.05, 3.63) is 11.6 Å². The number of hydrogen-bond acceptors (Lipinski definition) is 9. The molecule has 4 saturated carbocycles. The third-order valence-corrected chi connectivity index (χ3v) is 11.9. The largest absolute Gasteiger partial charge is 0.458 e. The lowest BCUT2D eigenvalue weighted by Gasteiger charge is -2.65. The second kappa shape index (κ2) is 9.08. The molecular weight excluding hydrogens is 492 g/mol. The molecule has 4 aliphatic carbocycles. The summed E-state index contributed by atoms with van der Waals surface area (Å²) in [7, 11) is 0. The average Bonchev–Trinajstić information content (AvgIpc) is 3.41. The van der Waals surface area contributed by atoms with Crippen LogP contribution in [0.4, 0.5) is 0 Å². The fourth-order valence-electron chi connectivity index (χ4n) is 9.76. The van der Waals surface area contributed by atoms with Crippen LogP contribution in [0.2, 0.25) is 0 Å². The molecular formula is C29H42O9. The van der Waals surface area contributed by atoms with Crippen LogP contribution in [-0.4, -0.2) is 81.2 Å². The number of carbonyl (C=O) groups is 2. The molecule has 5 fully saturated rings. The van der Waals surface area contributed by atoms with Crippen molar-refractivity contribution < 1.29 is 44.2 Å². The average molecular weight is 535 g/mol. The zero-order valence-electron chi connectivity index (χ0n) is 22.4. The first-order chi connectivity index (χ1) is 18.0. The number of rotatable bonds is 4. The van der Waals surface area contributed by atoms with Gasteiger partial charge in [-0.2, -0.15) is 0 Å². The fourth-order valence-corrected chi connectivity index (χ4v) is 9.76. The first kappa shape index (κ1) is 26.8. The van der Waals surface area contributed by atoms with E-state index in [-0.39, 0.29) is 36.2 Å². The maximum Gasteiger partial charge on any atom is 0.331 e. The van der Waals surface area contributed by atoms with Gasteiger partial charge in [-0.1, -0.05) is 6.92 Å². The molecule has 0 aromatic heterocycles. The minimum absolute atomic E-state index is 0.0729. The van der Waals surface area contributed by atoms with Crippen LogP contribution in [0.5, 0.6) is 0 Å². The summed E-state index contributed by atoms with van der Waals surface area (Å²) in [6.07, 6.45) is 4.50. The Kier molecular flexibility index (Phi) is 6.41. The van der Waals surface area contributed by atoms with Gasteiger partial charge in [0.2, 0.25) is 0 Å². The van der Waals surface area contributed by atoms with Crippen LogP contribution in [-0.2, 0) is 23.8 Å². The summed E-state index contributed by atoms with van der Waals surface area (Å²) < 4.78 is 17.1. The first-order valence-electron chi connectivity index (χ1n) is 14.4. The number of aldehydes is 1. The van der Waals surface area contributed by atoms with Crippen LogP contribution in [0.25, 0.3) is 0 Å². The highest BCUT2D eigenvalue weighted by Gasteiger charge is 2.71. The Balaban J connectivity index is 1.22. The molecule has 212 valence electrons. The number of ether oxygens (including phenoxy) is 3. The molecule has 0 radical (unpaired) electrons. The minimum Gasteiger partial charge on any atom is -0.458 e. The number of hydrogen-bond donors (Lipinski definition) is 4. The Morgan fingerprint density at radius 2 is 1.82 bits per heavy atom. The van der Waals surface area contributed by atoms with E-state index in [1.165, 1.54) is 0 Å². The lowest BCUT2D eigenvalue weighted by atomic mass is 9.41. The van der Waals surface area contributed by atoms with Crippen LogP contribution in [0.15, 0.2) is 11.6 Å². The van der Waals surface area contributed by atoms with Gasteiger partial charge in [-0.05, 0) is 81.6 Å². The summed E-state index contributed by atoms with van der Waals surface area (Å²) in [5.41, 5.74) is -2.60. The lowest BCUT2D eigenvalue weighted by molar-refractivity contribution is -0.286. The number of carbonyl (C=O) groups excluding carboxylic acids is 2. The summed E-state index contributed by atoms with van der Waals surface area (Å²) in [4.78, 5) is 24.7. The molecule has 4 N–H and O–H groups in total. The second-order valence-electron chi connectivity index (χ2n) is 13.3. The van der Waals surface area contributed by atoms with E-state index in [0.717, 1.165) is 31.1 Å². The molecule has 9 nitrogen and oxygen atoms in total. The summed E-state index contributed by atoms with van der Waals surface area (Å²) in [5, 5.41) is 44.6. The van der Waals surface area contributed by atoms with Crippen molar-refractivity contribution in [1.29, 1.82) is 0 Å². The van der Waals surface area contributed by atoms with E-state index in [1.54, 1.807) is 13.0 Å². The molecule has 6 aliphatic rings. The Labute approximate surface area is 223 Å². The highest BCUT2D eigenvalue weighted by Crippen LogP contribution is 2.70. The molecule has 12 atom stereocenters. The monoisotopic (exact) mass is 534 g/mol. The molecule has 0 aromatic rings. The summed E-state index contributed by atoms with van der Waals surface area (Å²) in [6, 6.07) is 0. The molecule has 0 aromatic carbocycles. The molecule has 38 heavy (non-hydrogen) atoms. The number of fused-ring (bicyclic) bond motifs is 5. The normalized spacial score (nSPS) is 54.4. The van der Waals surface area contributed by atoms with Crippen LogP contribution >= 0.6 is 0 Å². The van der Waals surface area contributed by atoms with Crippen LogP contribution in [0, 0.1) is 28.6 Å². The van der Waals surface area contributed by atoms with E-state index in [1.807, 2.05) is 0 Å². The third-order valence-electron chi connectivity index (χ3n) is 11.9. The fraction of sp³-hybridized carbons (Fsp3) is 0.862. The van der Waals surface area contributed by atoms with Crippen molar-refractivity contribution in [1.82, 2.24) is 0 Å². The van der Waals surface area contributed by atoms with Crippen LogP contribution in [0.1, 0.15) is 78.1 Å². The first-order valence-corrected chi connectivity index (χ1v) is 14.4. The van der Waals surface area contributed by atoms with E-state index < -0.39 is 46.6 Å². The molecule has 6 rings (SSSR count). The van der Waals surface area contributed by atoms with Crippen molar-refractivity contribution >= 4 is 12.3 Å². The van der Waals surface area contributed by atoms with Gasteiger partial charge in [0.15, 0.2) is 6.29 Å². The second-order valence-corrected chi connectivity index (χ2v) is 13.3. The molecule has 0 bridgehead atoms. The number of esters is 1. The van der Waals surface area contributed by atoms with Gasteiger partial charge in [0.1, 0.15) is 19.0 Å². The van der Waals surface area contributed by atoms with Gasteiger partial charge in [0.25, 0.3) is 0 Å². The number of aliphatic hydroxyl groups is 4. The predicted molar refractivity (Wildman–Crippen MR) is 133 cm³/mol. The van der Waals surface area contributed by atoms with E-state index in [9.17, 15) is 30.0 Å². The van der Waals surface area contributed by atoms with E-state index in [2.05, 4.69) is 6.92 Å². The maximum absolute atomic E-state index is 12.9. The van der Waals surface area contributed by atoms with Crippen molar-refractivity contribution in [3.63, 3.8) is 0 Å². The summed E-state index contributed by atoms with van der Waals surface area (Å²) >= 11 is 0. The van der Waals surface area contributed by atoms with Crippen molar-refractivity contribution in [2.45, 2.75) is 120 Å². The minimum atomic E-state index is -1.24. The van der Waals surface area contributed by atoms with Gasteiger partial charge in [0, 0.05) is 24.3 Å². The van der Waals surface area contributed by atoms with E-state index in [4.69, 9.17) is 14.2 Å². The van der Waals surface area contributed by atoms with E-state index >= 15 is 0 Å². The molecule has 1 saturated heterocycles. The van der Waals surface area contributed by atoms with Crippen molar-refractivity contribution in [2.24, 2.45) is 28.6 Å². The quantitative estimate of drug-likeness (QED) is 0.241. The summed E-state index contributed by atoms with van der Waals surface area (Å²) in [5.74, 6) is -0.473. The van der Waals surface area contributed by atoms with Gasteiger partial charge in [-0.15, -0.1) is 0 Å². The third kappa shape index (κ3) is 3.65. The Morgan fingerprint density at radius 3 is 2.50 bits per heavy atom. The molecule has 9 heteroatoms. The SMILES string of the molecule is CC1OC(OC2CCC3(C=O)[C@H]4CCC5(C)C(C6=CC(=O)OC6)CCC5(O)[C@@H]4CCC3(O)C2)CC(O)C1O. The highest BCUT2D eigenvalue weighted by molar-refractivity contribution is 5.85. The Bertz CT molecular complexity index is 1000. The topological polar surface area (TPSA) is 143 Å². The molecule has 0 spiro atoms. The number of aliphatic hydroxyl groups excluding tert-OH is 2. The van der Waals surface area contributed by atoms with Gasteiger partial charge >= 0.3 is 5.97 Å². The van der Waals surface area contributed by atoms with Crippen LogP contribution in [0.3, 0.4) is 0 Å². The Morgan fingerprint density at radius 1 is 1.05 bits per heavy atom. The molecule has 2 aliphatic heterocycles. The maximum atomic E-state index is 12.9. The lowest BCUT2D eigenvalue weighted by Crippen LogP contribution is -2.69. The zero-order valence-corrected chi connectivity index (χ0v) is 22.4. The zero-order chi connectivity index (χ0) is 27.1. The Hall–Kier alpha value is -1.36. The number of cyclic esters (lactones) is 1. The smallest absolute Gasteiger partial charge is 0.331 e. The highest BCUT2D eigenvalue weighted by atomic mass is 16.7. The molecule has 2 heterocycles. The van der Waals surface area contributed by atoms with E-state index in [0.29, 0.717) is 45.1 Å².